The number of ether oxygens (including phenoxy) is 1. The number of rotatable bonds is 4. The summed E-state index contributed by atoms with van der Waals surface area (Å²) in [7, 11) is 3.54. The van der Waals surface area contributed by atoms with Gasteiger partial charge in [0.2, 0.25) is 5.82 Å². The summed E-state index contributed by atoms with van der Waals surface area (Å²) in [6.45, 7) is 1.05. The van der Waals surface area contributed by atoms with Gasteiger partial charge in [-0.2, -0.15) is 4.52 Å². The number of aromatic nitrogens is 6. The smallest absolute Gasteiger partial charge is 0.299 e. The first kappa shape index (κ1) is 14.9. The minimum atomic E-state index is -2.73. The molecule has 3 aromatic heterocycles. The van der Waals surface area contributed by atoms with E-state index in [0.29, 0.717) is 18.9 Å². The van der Waals surface area contributed by atoms with Gasteiger partial charge >= 0.3 is 0 Å². The van der Waals surface area contributed by atoms with Gasteiger partial charge in [-0.3, -0.25) is 0 Å². The molecule has 1 aliphatic heterocycles. The van der Waals surface area contributed by atoms with E-state index in [1.54, 1.807) is 25.4 Å². The Morgan fingerprint density at radius 1 is 1.25 bits per heavy atom. The van der Waals surface area contributed by atoms with Crippen molar-refractivity contribution < 1.29 is 13.5 Å². The molecule has 4 rings (SSSR count). The van der Waals surface area contributed by atoms with Crippen LogP contribution in [0.5, 0.6) is 0 Å². The molecule has 8 nitrogen and oxygen atoms in total. The van der Waals surface area contributed by atoms with Gasteiger partial charge in [0, 0.05) is 26.6 Å². The number of hydrogen-bond acceptors (Lipinski definition) is 6. The van der Waals surface area contributed by atoms with E-state index in [2.05, 4.69) is 20.3 Å². The van der Waals surface area contributed by atoms with Crippen LogP contribution in [0, 0.1) is 0 Å². The van der Waals surface area contributed by atoms with E-state index in [0.717, 1.165) is 10.3 Å². The van der Waals surface area contributed by atoms with Gasteiger partial charge in [0.25, 0.3) is 6.43 Å². The van der Waals surface area contributed by atoms with Crippen LogP contribution in [-0.2, 0) is 17.4 Å². The minimum absolute atomic E-state index is 0.289. The van der Waals surface area contributed by atoms with Crippen molar-refractivity contribution >= 4 is 11.5 Å². The van der Waals surface area contributed by atoms with Crippen molar-refractivity contribution in [1.82, 2.24) is 29.4 Å². The number of halogens is 2. The van der Waals surface area contributed by atoms with Crippen LogP contribution >= 0.6 is 0 Å². The monoisotopic (exact) mass is 335 g/mol. The van der Waals surface area contributed by atoms with Crippen molar-refractivity contribution in [2.24, 2.45) is 7.05 Å². The summed E-state index contributed by atoms with van der Waals surface area (Å²) in [6, 6.07) is 3.35. The highest BCUT2D eigenvalue weighted by Crippen LogP contribution is 2.36. The Kier molecular flexibility index (Phi) is 3.23. The zero-order valence-corrected chi connectivity index (χ0v) is 13.1. The van der Waals surface area contributed by atoms with Crippen LogP contribution in [0.15, 0.2) is 24.5 Å². The molecule has 0 bridgehead atoms. The molecule has 1 aliphatic rings. The number of aryl methyl sites for hydroxylation is 1. The Bertz CT molecular complexity index is 884. The highest BCUT2D eigenvalue weighted by molar-refractivity contribution is 5.49. The molecule has 1 saturated heterocycles. The molecule has 0 aliphatic carbocycles. The number of imidazole rings is 1. The predicted octanol–water partition coefficient (Wildman–Crippen LogP) is 1.16. The van der Waals surface area contributed by atoms with Crippen LogP contribution < -0.4 is 4.90 Å². The molecule has 0 amide bonds. The predicted molar refractivity (Wildman–Crippen MR) is 79.8 cm³/mol. The molecule has 0 aromatic carbocycles. The van der Waals surface area contributed by atoms with Gasteiger partial charge in [-0.25, -0.2) is 13.8 Å². The average molecular weight is 335 g/mol. The van der Waals surface area contributed by atoms with Crippen LogP contribution in [-0.4, -0.2) is 49.6 Å². The van der Waals surface area contributed by atoms with E-state index >= 15 is 0 Å². The fraction of sp³-hybridized carbons (Fsp3) is 0.429. The Morgan fingerprint density at radius 2 is 2.04 bits per heavy atom. The second kappa shape index (κ2) is 5.20. The van der Waals surface area contributed by atoms with Crippen LogP contribution in [0.3, 0.4) is 0 Å². The molecule has 0 N–H and O–H groups in total. The summed E-state index contributed by atoms with van der Waals surface area (Å²) in [5.41, 5.74) is -0.246. The lowest BCUT2D eigenvalue weighted by Crippen LogP contribution is -2.62. The number of hydrogen-bond donors (Lipinski definition) is 0. The molecule has 10 heteroatoms. The zero-order chi connectivity index (χ0) is 16.9. The molecule has 0 radical (unpaired) electrons. The first-order chi connectivity index (χ1) is 11.5. The third kappa shape index (κ3) is 2.06. The van der Waals surface area contributed by atoms with Crippen molar-refractivity contribution in [3.8, 4) is 0 Å². The molecule has 0 saturated carbocycles. The number of fused-ring (bicyclic) bond motifs is 1. The van der Waals surface area contributed by atoms with Gasteiger partial charge in [-0.15, -0.1) is 15.3 Å². The lowest BCUT2D eigenvalue weighted by Gasteiger charge is -2.48. The van der Waals surface area contributed by atoms with E-state index in [-0.39, 0.29) is 5.65 Å². The fourth-order valence-corrected chi connectivity index (χ4v) is 3.00. The van der Waals surface area contributed by atoms with E-state index in [9.17, 15) is 8.78 Å². The SMILES string of the molecule is COC1(c2nccn2C)CN(c2ccc3nnc(C(F)F)n3n2)C1. The molecule has 126 valence electrons. The first-order valence-corrected chi connectivity index (χ1v) is 7.32. The van der Waals surface area contributed by atoms with Crippen molar-refractivity contribution in [1.29, 1.82) is 0 Å². The van der Waals surface area contributed by atoms with Crippen molar-refractivity contribution in [2.75, 3.05) is 25.1 Å². The third-order valence-corrected chi connectivity index (χ3v) is 4.30. The van der Waals surface area contributed by atoms with E-state index < -0.39 is 17.9 Å². The van der Waals surface area contributed by atoms with E-state index in [4.69, 9.17) is 4.74 Å². The molecule has 0 spiro atoms. The molecule has 24 heavy (non-hydrogen) atoms. The number of anilines is 1. The van der Waals surface area contributed by atoms with Crippen LogP contribution in [0.25, 0.3) is 5.65 Å². The normalized spacial score (nSPS) is 16.8. The van der Waals surface area contributed by atoms with Gasteiger partial charge in [-0.1, -0.05) is 0 Å². The second-order valence-electron chi connectivity index (χ2n) is 5.74. The highest BCUT2D eigenvalue weighted by Gasteiger charge is 2.48. The summed E-state index contributed by atoms with van der Waals surface area (Å²) in [4.78, 5) is 6.29. The molecule has 0 atom stereocenters. The highest BCUT2D eigenvalue weighted by atomic mass is 19.3. The number of methoxy groups -OCH3 is 1. The topological polar surface area (TPSA) is 73.4 Å². The Morgan fingerprint density at radius 3 is 2.67 bits per heavy atom. The van der Waals surface area contributed by atoms with E-state index in [1.807, 2.05) is 22.7 Å². The lowest BCUT2D eigenvalue weighted by atomic mass is 9.92. The van der Waals surface area contributed by atoms with Crippen molar-refractivity contribution in [2.45, 2.75) is 12.0 Å². The average Bonchev–Trinajstić information content (AvgIpc) is 3.13. The summed E-state index contributed by atoms with van der Waals surface area (Å²) >= 11 is 0. The molecule has 0 unspecified atom stereocenters. The van der Waals surface area contributed by atoms with Gasteiger partial charge in [0.15, 0.2) is 11.2 Å². The zero-order valence-electron chi connectivity index (χ0n) is 13.1. The standard InChI is InChI=1S/C14H15F2N7O/c1-21-6-5-17-13(21)14(24-2)7-22(8-14)10-4-3-9-18-19-12(11(15)16)23(9)20-10/h3-6,11H,7-8H2,1-2H3. The van der Waals surface area contributed by atoms with Crippen LogP contribution in [0.4, 0.5) is 14.6 Å². The maximum Gasteiger partial charge on any atom is 0.299 e. The molecule has 3 aromatic rings. The Balaban J connectivity index is 1.63. The molecular formula is C14H15F2N7O. The first-order valence-electron chi connectivity index (χ1n) is 7.32. The van der Waals surface area contributed by atoms with E-state index in [1.165, 1.54) is 0 Å². The summed E-state index contributed by atoms with van der Waals surface area (Å²) in [5.74, 6) is 0.917. The third-order valence-electron chi connectivity index (χ3n) is 4.30. The molecule has 4 heterocycles. The second-order valence-corrected chi connectivity index (χ2v) is 5.74. The van der Waals surface area contributed by atoms with Gasteiger partial charge in [-0.05, 0) is 12.1 Å². The quantitative estimate of drug-likeness (QED) is 0.712. The van der Waals surface area contributed by atoms with Gasteiger partial charge in [0.1, 0.15) is 11.6 Å². The number of nitrogens with zero attached hydrogens (tertiary/aromatic N) is 7. The summed E-state index contributed by atoms with van der Waals surface area (Å²) in [5, 5.41) is 11.4. The summed E-state index contributed by atoms with van der Waals surface area (Å²) in [6.07, 6.45) is 0.842. The largest absolute Gasteiger partial charge is 0.367 e. The van der Waals surface area contributed by atoms with Crippen molar-refractivity contribution in [3.63, 3.8) is 0 Å². The van der Waals surface area contributed by atoms with Gasteiger partial charge in [0.05, 0.1) is 13.1 Å². The summed E-state index contributed by atoms with van der Waals surface area (Å²) < 4.78 is 34.6. The Labute approximate surface area is 135 Å². The Hall–Kier alpha value is -2.62. The fourth-order valence-electron chi connectivity index (χ4n) is 3.00. The van der Waals surface area contributed by atoms with Crippen LogP contribution in [0.2, 0.25) is 0 Å². The molecular weight excluding hydrogens is 320 g/mol. The maximum absolute atomic E-state index is 13.0. The number of alkyl halides is 2. The van der Waals surface area contributed by atoms with Crippen molar-refractivity contribution in [3.05, 3.63) is 36.2 Å². The lowest BCUT2D eigenvalue weighted by molar-refractivity contribution is -0.0477. The maximum atomic E-state index is 13.0. The minimum Gasteiger partial charge on any atom is -0.367 e. The molecule has 1 fully saturated rings. The van der Waals surface area contributed by atoms with Crippen LogP contribution in [0.1, 0.15) is 18.1 Å². The van der Waals surface area contributed by atoms with Gasteiger partial charge < -0.3 is 14.2 Å².